The van der Waals surface area contributed by atoms with Crippen LogP contribution in [0.25, 0.3) is 0 Å². The maximum absolute atomic E-state index is 13.8. The smallest absolute Gasteiger partial charge is 0.130 e. The van der Waals surface area contributed by atoms with Crippen LogP contribution >= 0.6 is 0 Å². The molecule has 0 bridgehead atoms. The molecule has 1 aliphatic rings. The highest BCUT2D eigenvalue weighted by Crippen LogP contribution is 2.39. The molecule has 0 radical (unpaired) electrons. The second-order valence-electron chi connectivity index (χ2n) is 4.51. The fraction of sp³-hybridized carbons (Fsp3) is 0.200. The molecule has 0 aromatic heterocycles. The summed E-state index contributed by atoms with van der Waals surface area (Å²) in [5, 5.41) is 0. The molecule has 2 atom stereocenters. The number of nitrogens with two attached hydrogens (primary N) is 1. The second kappa shape index (κ2) is 4.42. The second-order valence-corrected chi connectivity index (χ2v) is 4.51. The third kappa shape index (κ3) is 1.87. The van der Waals surface area contributed by atoms with E-state index in [1.807, 2.05) is 30.3 Å². The summed E-state index contributed by atoms with van der Waals surface area (Å²) in [6.45, 7) is 0. The normalized spacial score (nSPS) is 22.1. The van der Waals surface area contributed by atoms with Crippen LogP contribution in [0.15, 0.2) is 48.5 Å². The van der Waals surface area contributed by atoms with Gasteiger partial charge in [0.15, 0.2) is 0 Å². The van der Waals surface area contributed by atoms with Crippen LogP contribution in [0.3, 0.4) is 0 Å². The molecule has 0 fully saturated rings. The van der Waals surface area contributed by atoms with E-state index in [2.05, 4.69) is 0 Å². The molecule has 1 heterocycles. The lowest BCUT2D eigenvalue weighted by molar-refractivity contribution is 0.157. The molecule has 3 rings (SSSR count). The largest absolute Gasteiger partial charge is 0.485 e. The topological polar surface area (TPSA) is 35.2 Å². The van der Waals surface area contributed by atoms with Crippen molar-refractivity contribution in [3.8, 4) is 5.75 Å². The minimum atomic E-state index is -0.309. The zero-order valence-electron chi connectivity index (χ0n) is 9.84. The molecule has 0 spiro atoms. The fourth-order valence-corrected chi connectivity index (χ4v) is 2.38. The predicted molar refractivity (Wildman–Crippen MR) is 67.8 cm³/mol. The van der Waals surface area contributed by atoms with Crippen LogP contribution in [-0.2, 0) is 0 Å². The molecule has 1 unspecified atom stereocenters. The van der Waals surface area contributed by atoms with E-state index in [1.54, 1.807) is 12.1 Å². The van der Waals surface area contributed by atoms with Crippen LogP contribution in [-0.4, -0.2) is 0 Å². The lowest BCUT2D eigenvalue weighted by Crippen LogP contribution is -2.24. The summed E-state index contributed by atoms with van der Waals surface area (Å²) >= 11 is 0. The number of ether oxygens (including phenoxy) is 1. The summed E-state index contributed by atoms with van der Waals surface area (Å²) in [5.74, 6) is 0.513. The van der Waals surface area contributed by atoms with E-state index in [-0.39, 0.29) is 18.0 Å². The minimum Gasteiger partial charge on any atom is -0.485 e. The highest BCUT2D eigenvalue weighted by molar-refractivity contribution is 5.39. The van der Waals surface area contributed by atoms with Crippen molar-refractivity contribution in [2.45, 2.75) is 18.6 Å². The first-order chi connectivity index (χ1) is 8.75. The summed E-state index contributed by atoms with van der Waals surface area (Å²) in [5.41, 5.74) is 7.68. The van der Waals surface area contributed by atoms with Gasteiger partial charge in [-0.3, -0.25) is 0 Å². The highest BCUT2D eigenvalue weighted by atomic mass is 19.1. The Morgan fingerprint density at radius 1 is 1.00 bits per heavy atom. The van der Waals surface area contributed by atoms with Crippen molar-refractivity contribution < 1.29 is 9.13 Å². The molecule has 0 saturated heterocycles. The van der Waals surface area contributed by atoms with E-state index < -0.39 is 0 Å². The monoisotopic (exact) mass is 243 g/mol. The van der Waals surface area contributed by atoms with Gasteiger partial charge < -0.3 is 10.5 Å². The summed E-state index contributed by atoms with van der Waals surface area (Å²) in [7, 11) is 0. The zero-order chi connectivity index (χ0) is 12.5. The van der Waals surface area contributed by atoms with E-state index >= 15 is 0 Å². The maximum Gasteiger partial charge on any atom is 0.130 e. The summed E-state index contributed by atoms with van der Waals surface area (Å²) < 4.78 is 19.6. The number of hydrogen-bond acceptors (Lipinski definition) is 2. The molecule has 2 aromatic carbocycles. The van der Waals surface area contributed by atoms with Crippen molar-refractivity contribution in [2.24, 2.45) is 5.73 Å². The average molecular weight is 243 g/mol. The Kier molecular flexibility index (Phi) is 2.76. The van der Waals surface area contributed by atoms with Crippen molar-refractivity contribution in [3.63, 3.8) is 0 Å². The van der Waals surface area contributed by atoms with Gasteiger partial charge in [-0.1, -0.05) is 36.4 Å². The van der Waals surface area contributed by atoms with Gasteiger partial charge in [-0.2, -0.15) is 0 Å². The molecule has 0 amide bonds. The molecular formula is C15H14FNO. The van der Waals surface area contributed by atoms with Crippen LogP contribution in [0.1, 0.15) is 29.7 Å². The molecular weight excluding hydrogens is 229 g/mol. The number of benzene rings is 2. The molecule has 0 saturated carbocycles. The first kappa shape index (κ1) is 11.2. The SMILES string of the molecule is N[C@@H]1CC(c2ccccc2F)Oc2ccccc21. The number of halogens is 1. The van der Waals surface area contributed by atoms with Crippen LogP contribution in [0, 0.1) is 5.82 Å². The van der Waals surface area contributed by atoms with E-state index in [4.69, 9.17) is 10.5 Å². The van der Waals surface area contributed by atoms with Crippen molar-refractivity contribution in [1.82, 2.24) is 0 Å². The van der Waals surface area contributed by atoms with Gasteiger partial charge >= 0.3 is 0 Å². The van der Waals surface area contributed by atoms with Gasteiger partial charge in [-0.25, -0.2) is 4.39 Å². The van der Waals surface area contributed by atoms with E-state index in [0.29, 0.717) is 12.0 Å². The number of para-hydroxylation sites is 1. The van der Waals surface area contributed by atoms with Gasteiger partial charge in [0.2, 0.25) is 0 Å². The van der Waals surface area contributed by atoms with Gasteiger partial charge in [0.05, 0.1) is 0 Å². The fourth-order valence-electron chi connectivity index (χ4n) is 2.38. The third-order valence-electron chi connectivity index (χ3n) is 3.31. The van der Waals surface area contributed by atoms with Gasteiger partial charge in [0, 0.05) is 23.6 Å². The van der Waals surface area contributed by atoms with E-state index in [0.717, 1.165) is 11.3 Å². The molecule has 92 valence electrons. The molecule has 1 aliphatic heterocycles. The minimum absolute atomic E-state index is 0.112. The Hall–Kier alpha value is -1.87. The van der Waals surface area contributed by atoms with Gasteiger partial charge in [0.25, 0.3) is 0 Å². The molecule has 3 heteroatoms. The lowest BCUT2D eigenvalue weighted by Gasteiger charge is -2.30. The predicted octanol–water partition coefficient (Wildman–Crippen LogP) is 3.35. The first-order valence-corrected chi connectivity index (χ1v) is 6.01. The summed E-state index contributed by atoms with van der Waals surface area (Å²) in [6.07, 6.45) is 0.286. The molecule has 2 aromatic rings. The Morgan fingerprint density at radius 3 is 2.44 bits per heavy atom. The Bertz CT molecular complexity index is 570. The Morgan fingerprint density at radius 2 is 1.67 bits per heavy atom. The summed E-state index contributed by atoms with van der Waals surface area (Å²) in [4.78, 5) is 0. The first-order valence-electron chi connectivity index (χ1n) is 6.01. The number of rotatable bonds is 1. The lowest BCUT2D eigenvalue weighted by atomic mass is 9.93. The van der Waals surface area contributed by atoms with Crippen molar-refractivity contribution in [1.29, 1.82) is 0 Å². The van der Waals surface area contributed by atoms with Gasteiger partial charge in [0.1, 0.15) is 17.7 Å². The molecule has 0 aliphatic carbocycles. The van der Waals surface area contributed by atoms with Gasteiger partial charge in [-0.15, -0.1) is 0 Å². The van der Waals surface area contributed by atoms with Crippen molar-refractivity contribution in [3.05, 3.63) is 65.5 Å². The van der Waals surface area contributed by atoms with Crippen LogP contribution in [0.5, 0.6) is 5.75 Å². The molecule has 2 nitrogen and oxygen atoms in total. The van der Waals surface area contributed by atoms with Gasteiger partial charge in [-0.05, 0) is 12.1 Å². The summed E-state index contributed by atoms with van der Waals surface area (Å²) in [6, 6.07) is 14.2. The number of hydrogen-bond donors (Lipinski definition) is 1. The van der Waals surface area contributed by atoms with E-state index in [1.165, 1.54) is 6.07 Å². The van der Waals surface area contributed by atoms with Crippen molar-refractivity contribution >= 4 is 0 Å². The highest BCUT2D eigenvalue weighted by Gasteiger charge is 2.28. The Labute approximate surface area is 105 Å². The Balaban J connectivity index is 1.97. The average Bonchev–Trinajstić information content (AvgIpc) is 2.39. The van der Waals surface area contributed by atoms with Crippen molar-refractivity contribution in [2.75, 3.05) is 0 Å². The zero-order valence-corrected chi connectivity index (χ0v) is 9.84. The standard InChI is InChI=1S/C15H14FNO/c16-12-7-3-1-5-10(12)15-9-13(17)11-6-2-4-8-14(11)18-15/h1-8,13,15H,9,17H2/t13-,15?/m1/s1. The van der Waals surface area contributed by atoms with Crippen LogP contribution in [0.2, 0.25) is 0 Å². The van der Waals surface area contributed by atoms with Crippen LogP contribution in [0.4, 0.5) is 4.39 Å². The maximum atomic E-state index is 13.8. The van der Waals surface area contributed by atoms with E-state index in [9.17, 15) is 4.39 Å². The van der Waals surface area contributed by atoms with Crippen LogP contribution < -0.4 is 10.5 Å². The molecule has 18 heavy (non-hydrogen) atoms. The quantitative estimate of drug-likeness (QED) is 0.833. The molecule has 2 N–H and O–H groups in total. The number of fused-ring (bicyclic) bond motifs is 1. The third-order valence-corrected chi connectivity index (χ3v) is 3.31.